The average molecular weight is 530 g/mol. The third kappa shape index (κ3) is 3.76. The third-order valence-corrected chi connectivity index (χ3v) is 6.83. The highest BCUT2D eigenvalue weighted by Crippen LogP contribution is 2.35. The number of amides is 1. The van der Waals surface area contributed by atoms with Crippen molar-refractivity contribution < 1.29 is 9.21 Å². The van der Waals surface area contributed by atoms with Crippen molar-refractivity contribution in [3.63, 3.8) is 0 Å². The number of benzene rings is 2. The van der Waals surface area contributed by atoms with E-state index in [1.54, 1.807) is 5.01 Å². The summed E-state index contributed by atoms with van der Waals surface area (Å²) in [6.07, 6.45) is -0.605. The molecule has 0 unspecified atom stereocenters. The van der Waals surface area contributed by atoms with E-state index >= 15 is 0 Å². The number of fused-ring (bicyclic) bond motifs is 2. The van der Waals surface area contributed by atoms with Gasteiger partial charge in [0.05, 0.1) is 5.36 Å². The van der Waals surface area contributed by atoms with Crippen LogP contribution in [0.1, 0.15) is 24.4 Å². The van der Waals surface area contributed by atoms with Gasteiger partial charge in [-0.05, 0) is 54.6 Å². The molecular formula is C23H18BrClN4O2S. The fraction of sp³-hybridized carbons (Fsp3) is 0.174. The lowest BCUT2D eigenvalue weighted by molar-refractivity contribution is -0.116. The molecule has 1 N–H and O–H groups in total. The van der Waals surface area contributed by atoms with E-state index in [0.29, 0.717) is 32.8 Å². The maximum atomic E-state index is 13.1. The van der Waals surface area contributed by atoms with Crippen LogP contribution >= 0.6 is 39.3 Å². The molecule has 0 fully saturated rings. The maximum absolute atomic E-state index is 13.1. The van der Waals surface area contributed by atoms with Crippen molar-refractivity contribution in [3.8, 4) is 11.3 Å². The lowest BCUT2D eigenvalue weighted by Crippen LogP contribution is -2.50. The van der Waals surface area contributed by atoms with E-state index in [1.165, 1.54) is 11.8 Å². The fourth-order valence-electron chi connectivity index (χ4n) is 3.63. The molecule has 0 saturated carbocycles. The molecule has 32 heavy (non-hydrogen) atoms. The molecule has 1 amide bonds. The standard InChI is InChI=1S/C23H18BrClN4O2S/c1-3-32-23-27-22(30)20-15-11-14(24)6-7-17(15)26-21(29(20)28-23)19-9-8-18(31-19)13-5-4-12(2)16(25)10-13/h4-11,21H,3H2,1-2H3,(H,27,28,30)/t21-/m0/s1. The lowest BCUT2D eigenvalue weighted by Gasteiger charge is -2.32. The second kappa shape index (κ2) is 8.42. The molecule has 0 spiro atoms. The molecule has 2 aromatic carbocycles. The normalized spacial score (nSPS) is 17.3. The maximum Gasteiger partial charge on any atom is 0.276 e. The molecule has 3 aromatic rings. The van der Waals surface area contributed by atoms with Gasteiger partial charge in [0.25, 0.3) is 5.91 Å². The van der Waals surface area contributed by atoms with E-state index in [1.807, 2.05) is 62.4 Å². The number of carbonyl (C=O) groups is 1. The number of hydrogen-bond donors (Lipinski definition) is 1. The van der Waals surface area contributed by atoms with Gasteiger partial charge in [-0.15, -0.1) is 5.10 Å². The molecule has 1 aromatic heterocycles. The Bertz CT molecular complexity index is 1400. The number of halogens is 2. The van der Waals surface area contributed by atoms with E-state index < -0.39 is 6.17 Å². The summed E-state index contributed by atoms with van der Waals surface area (Å²) in [5, 5.41) is 11.9. The summed E-state index contributed by atoms with van der Waals surface area (Å²) < 4.78 is 7.06. The van der Waals surface area contributed by atoms with Crippen LogP contribution in [0, 0.1) is 6.92 Å². The Balaban J connectivity index is 1.65. The fourth-order valence-corrected chi connectivity index (χ4v) is 4.76. The van der Waals surface area contributed by atoms with Crippen molar-refractivity contribution in [2.75, 3.05) is 5.75 Å². The number of carbonyl (C=O) groups excluding carboxylic acids is 1. The highest BCUT2D eigenvalue weighted by atomic mass is 79.9. The zero-order valence-corrected chi connectivity index (χ0v) is 20.4. The van der Waals surface area contributed by atoms with Gasteiger partial charge >= 0.3 is 0 Å². The summed E-state index contributed by atoms with van der Waals surface area (Å²) in [5.41, 5.74) is 2.32. The van der Waals surface area contributed by atoms with E-state index in [4.69, 9.17) is 26.1 Å². The summed E-state index contributed by atoms with van der Waals surface area (Å²) in [6.45, 7) is 3.97. The van der Waals surface area contributed by atoms with Crippen LogP contribution in [0.25, 0.3) is 17.0 Å². The van der Waals surface area contributed by atoms with Gasteiger partial charge in [0, 0.05) is 20.3 Å². The zero-order chi connectivity index (χ0) is 22.4. The van der Waals surface area contributed by atoms with Gasteiger partial charge in [-0.1, -0.05) is 58.3 Å². The van der Waals surface area contributed by atoms with Crippen LogP contribution in [0.5, 0.6) is 0 Å². The van der Waals surface area contributed by atoms with Crippen molar-refractivity contribution in [2.45, 2.75) is 20.0 Å². The number of nitrogens with zero attached hydrogens (tertiary/aromatic N) is 3. The van der Waals surface area contributed by atoms with Crippen molar-refractivity contribution in [3.05, 3.63) is 79.9 Å². The zero-order valence-electron chi connectivity index (χ0n) is 17.2. The monoisotopic (exact) mass is 528 g/mol. The second-order valence-electron chi connectivity index (χ2n) is 7.32. The van der Waals surface area contributed by atoms with Crippen LogP contribution in [0.2, 0.25) is 5.02 Å². The van der Waals surface area contributed by atoms with Crippen LogP contribution in [-0.4, -0.2) is 21.8 Å². The number of aryl methyl sites for hydroxylation is 1. The molecule has 1 atom stereocenters. The Morgan fingerprint density at radius 1 is 1.22 bits per heavy atom. The van der Waals surface area contributed by atoms with Crippen molar-refractivity contribution in [2.24, 2.45) is 10.1 Å². The minimum Gasteiger partial charge on any atom is -0.457 e. The minimum absolute atomic E-state index is 0.215. The Morgan fingerprint density at radius 3 is 2.84 bits per heavy atom. The summed E-state index contributed by atoms with van der Waals surface area (Å²) in [6, 6.07) is 15.2. The molecule has 0 radical (unpaired) electrons. The van der Waals surface area contributed by atoms with Gasteiger partial charge in [-0.3, -0.25) is 10.1 Å². The lowest BCUT2D eigenvalue weighted by atomic mass is 10.1. The van der Waals surface area contributed by atoms with Crippen LogP contribution in [0.3, 0.4) is 0 Å². The minimum atomic E-state index is -0.605. The quantitative estimate of drug-likeness (QED) is 0.540. The topological polar surface area (TPSA) is 70.2 Å². The highest BCUT2D eigenvalue weighted by molar-refractivity contribution is 9.10. The Labute approximate surface area is 202 Å². The van der Waals surface area contributed by atoms with Gasteiger partial charge in [0.15, 0.2) is 10.9 Å². The first-order valence-corrected chi connectivity index (χ1v) is 12.2. The number of amidine groups is 1. The number of furan rings is 1. The predicted molar refractivity (Wildman–Crippen MR) is 131 cm³/mol. The molecule has 2 aliphatic heterocycles. The number of rotatable bonds is 3. The molecule has 6 nitrogen and oxygen atoms in total. The number of hydrogen-bond acceptors (Lipinski definition) is 6. The van der Waals surface area contributed by atoms with E-state index in [0.717, 1.165) is 26.6 Å². The smallest absolute Gasteiger partial charge is 0.276 e. The molecule has 0 saturated heterocycles. The molecule has 0 aliphatic carbocycles. The van der Waals surface area contributed by atoms with Crippen LogP contribution in [0.4, 0.5) is 0 Å². The predicted octanol–water partition coefficient (Wildman–Crippen LogP) is 4.57. The number of nitrogens with one attached hydrogen (secondary N) is 1. The SMILES string of the molecule is CCSC1=NN2C(=c3cc(Br)ccc3=N[C@@H]2c2ccc(-c3ccc(C)c(Cl)c3)o2)C(=O)N1. The van der Waals surface area contributed by atoms with Crippen LogP contribution < -0.4 is 15.9 Å². The Morgan fingerprint density at radius 2 is 2.06 bits per heavy atom. The first-order valence-electron chi connectivity index (χ1n) is 10.0. The van der Waals surface area contributed by atoms with Crippen LogP contribution in [-0.2, 0) is 4.79 Å². The summed E-state index contributed by atoms with van der Waals surface area (Å²) in [7, 11) is 0. The van der Waals surface area contributed by atoms with Crippen molar-refractivity contribution in [1.82, 2.24) is 10.3 Å². The van der Waals surface area contributed by atoms with E-state index in [9.17, 15) is 4.79 Å². The third-order valence-electron chi connectivity index (χ3n) is 5.19. The number of thioether (sulfide) groups is 1. The summed E-state index contributed by atoms with van der Waals surface area (Å²) in [5.74, 6) is 1.83. The van der Waals surface area contributed by atoms with Gasteiger partial charge in [0.1, 0.15) is 11.5 Å². The summed E-state index contributed by atoms with van der Waals surface area (Å²) >= 11 is 11.3. The Kier molecular flexibility index (Phi) is 5.61. The molecule has 5 rings (SSSR count). The van der Waals surface area contributed by atoms with E-state index in [2.05, 4.69) is 21.2 Å². The summed E-state index contributed by atoms with van der Waals surface area (Å²) in [4.78, 5) is 18.0. The Hall–Kier alpha value is -2.55. The number of hydrazone groups is 1. The largest absolute Gasteiger partial charge is 0.457 e. The van der Waals surface area contributed by atoms with E-state index in [-0.39, 0.29) is 5.91 Å². The van der Waals surface area contributed by atoms with Gasteiger partial charge in [0.2, 0.25) is 6.17 Å². The molecule has 3 heterocycles. The molecule has 2 aliphatic rings. The van der Waals surface area contributed by atoms with Gasteiger partial charge in [-0.2, -0.15) is 0 Å². The first-order chi connectivity index (χ1) is 15.4. The van der Waals surface area contributed by atoms with Gasteiger partial charge in [-0.25, -0.2) is 10.0 Å². The van der Waals surface area contributed by atoms with Gasteiger partial charge < -0.3 is 4.42 Å². The van der Waals surface area contributed by atoms with Crippen molar-refractivity contribution >= 4 is 56.1 Å². The van der Waals surface area contributed by atoms with Crippen LogP contribution in [0.15, 0.2) is 67.5 Å². The highest BCUT2D eigenvalue weighted by Gasteiger charge is 2.36. The van der Waals surface area contributed by atoms with Crippen molar-refractivity contribution in [1.29, 1.82) is 0 Å². The first kappa shape index (κ1) is 21.3. The molecular weight excluding hydrogens is 512 g/mol. The molecule has 0 bridgehead atoms. The molecule has 9 heteroatoms. The average Bonchev–Trinajstić information content (AvgIpc) is 3.25. The molecule has 162 valence electrons. The second-order valence-corrected chi connectivity index (χ2v) is 9.89.